The van der Waals surface area contributed by atoms with Gasteiger partial charge in [-0.15, -0.1) is 5.10 Å². The highest BCUT2D eigenvalue weighted by atomic mass is 35.6. The third-order valence-corrected chi connectivity index (χ3v) is 0.598. The van der Waals surface area contributed by atoms with Crippen molar-refractivity contribution in [3.05, 3.63) is 6.20 Å². The first-order chi connectivity index (χ1) is 5.70. The van der Waals surface area contributed by atoms with E-state index in [1.54, 1.807) is 0 Å². The fourth-order valence-electron chi connectivity index (χ4n) is 0.343. The maximum Gasteiger partial charge on any atom is 0.411 e. The standard InChI is InChI=1S/C3H4N4O2.Cl2O/c4-3(8)9-2-1-5-7-6-2;1-3-2/h1H,(H2,4,8)(H,5,6,7);. The zero-order valence-corrected chi connectivity index (χ0v) is 7.04. The van der Waals surface area contributed by atoms with Gasteiger partial charge in [-0.1, -0.05) is 0 Å². The predicted octanol–water partition coefficient (Wildman–Crippen LogP) is 0.573. The van der Waals surface area contributed by atoms with Crippen molar-refractivity contribution in [1.82, 2.24) is 15.4 Å². The summed E-state index contributed by atoms with van der Waals surface area (Å²) < 4.78 is 7.48. The van der Waals surface area contributed by atoms with Crippen molar-refractivity contribution in [3.63, 3.8) is 0 Å². The number of primary amides is 1. The molecule has 0 unspecified atom stereocenters. The van der Waals surface area contributed by atoms with Crippen LogP contribution in [0.3, 0.4) is 0 Å². The summed E-state index contributed by atoms with van der Waals surface area (Å²) in [7, 11) is 0. The van der Waals surface area contributed by atoms with Crippen molar-refractivity contribution in [2.45, 2.75) is 0 Å². The number of ether oxygens (including phenoxy) is 1. The number of nitrogens with two attached hydrogens (primary N) is 1. The number of hydrogen-bond donors (Lipinski definition) is 2. The van der Waals surface area contributed by atoms with Gasteiger partial charge in [0, 0.05) is 0 Å². The van der Waals surface area contributed by atoms with Gasteiger partial charge in [0.05, 0.1) is 23.7 Å². The van der Waals surface area contributed by atoms with Gasteiger partial charge in [0.2, 0.25) is 0 Å². The normalized spacial score (nSPS) is 8.17. The van der Waals surface area contributed by atoms with E-state index in [-0.39, 0.29) is 5.88 Å². The van der Waals surface area contributed by atoms with Crippen LogP contribution in [0.15, 0.2) is 6.20 Å². The number of amides is 1. The lowest BCUT2D eigenvalue weighted by Gasteiger charge is -1.88. The largest absolute Gasteiger partial charge is 0.411 e. The molecule has 0 fully saturated rings. The Labute approximate surface area is 77.1 Å². The first-order valence-corrected chi connectivity index (χ1v) is 3.04. The molecule has 7 nitrogen and oxygen atoms in total. The van der Waals surface area contributed by atoms with Gasteiger partial charge in [-0.25, -0.2) is 4.79 Å². The summed E-state index contributed by atoms with van der Waals surface area (Å²) in [6.45, 7) is 0. The van der Waals surface area contributed by atoms with Crippen LogP contribution in [0.4, 0.5) is 4.79 Å². The number of nitrogens with one attached hydrogen (secondary N) is 1. The Bertz CT molecular complexity index is 215. The minimum Gasteiger partial charge on any atom is -0.388 e. The van der Waals surface area contributed by atoms with Crippen LogP contribution in [-0.4, -0.2) is 21.5 Å². The molecule has 0 aromatic carbocycles. The molecular formula is C3H4Cl2N4O3. The molecule has 0 aliphatic rings. The molecule has 1 aromatic rings. The lowest BCUT2D eigenvalue weighted by Crippen LogP contribution is -2.16. The SMILES string of the molecule is ClOCl.NC(=O)Oc1cn[nH]n1. The topological polar surface area (TPSA) is 103 Å². The number of hydrogen-bond acceptors (Lipinski definition) is 5. The van der Waals surface area contributed by atoms with Gasteiger partial charge < -0.3 is 10.5 Å². The molecular weight excluding hydrogens is 211 g/mol. The summed E-state index contributed by atoms with van der Waals surface area (Å²) in [6, 6.07) is 0. The molecule has 0 aliphatic heterocycles. The third kappa shape index (κ3) is 5.71. The van der Waals surface area contributed by atoms with Crippen molar-refractivity contribution in [1.29, 1.82) is 0 Å². The Morgan fingerprint density at radius 1 is 1.67 bits per heavy atom. The Morgan fingerprint density at radius 3 is 2.58 bits per heavy atom. The quantitative estimate of drug-likeness (QED) is 0.712. The van der Waals surface area contributed by atoms with Gasteiger partial charge in [-0.3, -0.25) is 0 Å². The average molecular weight is 215 g/mol. The molecule has 0 radical (unpaired) electrons. The van der Waals surface area contributed by atoms with Crippen molar-refractivity contribution in [3.8, 4) is 5.88 Å². The molecule has 0 bridgehead atoms. The van der Waals surface area contributed by atoms with Crippen LogP contribution < -0.4 is 10.5 Å². The average Bonchev–Trinajstić information content (AvgIpc) is 2.40. The van der Waals surface area contributed by atoms with Gasteiger partial charge in [-0.2, -0.15) is 14.2 Å². The van der Waals surface area contributed by atoms with Crippen LogP contribution in [0.25, 0.3) is 0 Å². The van der Waals surface area contributed by atoms with E-state index in [1.807, 2.05) is 0 Å². The zero-order valence-electron chi connectivity index (χ0n) is 5.53. The number of aromatic amines is 1. The second-order valence-corrected chi connectivity index (χ2v) is 1.75. The monoisotopic (exact) mass is 214 g/mol. The molecule has 0 spiro atoms. The molecule has 1 amide bonds. The van der Waals surface area contributed by atoms with Crippen LogP contribution in [0, 0.1) is 0 Å². The molecule has 68 valence electrons. The van der Waals surface area contributed by atoms with Crippen LogP contribution in [0.2, 0.25) is 0 Å². The number of nitrogens with zero attached hydrogens (tertiary/aromatic N) is 2. The number of aromatic nitrogens is 3. The summed E-state index contributed by atoms with van der Waals surface area (Å²) in [5, 5.41) is 9.01. The van der Waals surface area contributed by atoms with Crippen molar-refractivity contribution < 1.29 is 13.4 Å². The fraction of sp³-hybridized carbons (Fsp3) is 0. The molecule has 0 saturated heterocycles. The van der Waals surface area contributed by atoms with E-state index in [2.05, 4.69) is 53.5 Å². The molecule has 12 heavy (non-hydrogen) atoms. The second kappa shape index (κ2) is 6.65. The van der Waals surface area contributed by atoms with Crippen LogP contribution >= 0.6 is 23.7 Å². The van der Waals surface area contributed by atoms with Gasteiger partial charge in [0.25, 0.3) is 5.88 Å². The number of rotatable bonds is 1. The molecule has 3 N–H and O–H groups in total. The highest BCUT2D eigenvalue weighted by Crippen LogP contribution is 1.97. The van der Waals surface area contributed by atoms with Crippen molar-refractivity contribution >= 4 is 29.8 Å². The van der Waals surface area contributed by atoms with Gasteiger partial charge in [0.15, 0.2) is 0 Å². The van der Waals surface area contributed by atoms with E-state index < -0.39 is 6.09 Å². The summed E-state index contributed by atoms with van der Waals surface area (Å²) in [5.41, 5.74) is 4.64. The van der Waals surface area contributed by atoms with Gasteiger partial charge >= 0.3 is 6.09 Å². The van der Waals surface area contributed by atoms with Crippen molar-refractivity contribution in [2.75, 3.05) is 0 Å². The van der Waals surface area contributed by atoms with E-state index in [1.165, 1.54) is 6.20 Å². The summed E-state index contributed by atoms with van der Waals surface area (Å²) in [6.07, 6.45) is 0.342. The Hall–Kier alpha value is -1.05. The molecule has 1 rings (SSSR count). The van der Waals surface area contributed by atoms with E-state index in [0.717, 1.165) is 0 Å². The maximum absolute atomic E-state index is 9.98. The minimum atomic E-state index is -0.899. The highest BCUT2D eigenvalue weighted by Gasteiger charge is 1.98. The first kappa shape index (κ1) is 11.0. The molecule has 1 aromatic heterocycles. The van der Waals surface area contributed by atoms with Crippen LogP contribution in [0.1, 0.15) is 0 Å². The van der Waals surface area contributed by atoms with Gasteiger partial charge in [-0.05, 0) is 0 Å². The Morgan fingerprint density at radius 2 is 2.25 bits per heavy atom. The van der Waals surface area contributed by atoms with E-state index in [9.17, 15) is 4.79 Å². The van der Waals surface area contributed by atoms with E-state index in [4.69, 9.17) is 0 Å². The minimum absolute atomic E-state index is 0.0718. The molecule has 0 saturated carbocycles. The first-order valence-electron chi connectivity index (χ1n) is 2.43. The fourth-order valence-corrected chi connectivity index (χ4v) is 0.343. The molecule has 9 heteroatoms. The van der Waals surface area contributed by atoms with E-state index >= 15 is 0 Å². The molecule has 1 heterocycles. The lowest BCUT2D eigenvalue weighted by atomic mass is 10.8. The maximum atomic E-state index is 9.98. The summed E-state index contributed by atoms with van der Waals surface area (Å²) in [4.78, 5) is 9.98. The van der Waals surface area contributed by atoms with Crippen LogP contribution in [-0.2, 0) is 3.84 Å². The Balaban J connectivity index is 0.000000354. The summed E-state index contributed by atoms with van der Waals surface area (Å²) in [5.74, 6) is 0.0718. The number of carbonyl (C=O) groups is 1. The number of halogens is 2. The zero-order chi connectivity index (χ0) is 9.40. The Kier molecular flexibility index (Phi) is 6.07. The van der Waals surface area contributed by atoms with Crippen molar-refractivity contribution in [2.24, 2.45) is 5.73 Å². The smallest absolute Gasteiger partial charge is 0.388 e. The van der Waals surface area contributed by atoms with Gasteiger partial charge in [0.1, 0.15) is 6.20 Å². The number of H-pyrrole nitrogens is 1. The van der Waals surface area contributed by atoms with E-state index in [0.29, 0.717) is 0 Å². The second-order valence-electron chi connectivity index (χ2n) is 1.29. The molecule has 0 atom stereocenters. The third-order valence-electron chi connectivity index (χ3n) is 0.598. The number of carbonyl (C=O) groups excluding carboxylic acids is 1. The van der Waals surface area contributed by atoms with Crippen LogP contribution in [0.5, 0.6) is 5.88 Å². The predicted molar refractivity (Wildman–Crippen MR) is 39.4 cm³/mol. The summed E-state index contributed by atoms with van der Waals surface area (Å²) >= 11 is 8.53. The lowest BCUT2D eigenvalue weighted by molar-refractivity contribution is 0.209. The highest BCUT2D eigenvalue weighted by molar-refractivity contribution is 6.24. The molecule has 0 aliphatic carbocycles.